The first-order chi connectivity index (χ1) is 12.4. The molecule has 1 aromatic carbocycles. The van der Waals surface area contributed by atoms with E-state index in [1.165, 1.54) is 0 Å². The monoisotopic (exact) mass is 361 g/mol. The molecule has 0 aliphatic heterocycles. The van der Waals surface area contributed by atoms with Crippen LogP contribution < -0.4 is 19.5 Å². The molecular formula is C20H27NO5. The van der Waals surface area contributed by atoms with Gasteiger partial charge >= 0.3 is 0 Å². The van der Waals surface area contributed by atoms with E-state index in [4.69, 9.17) is 14.2 Å². The number of methoxy groups -OCH3 is 3. The Bertz CT molecular complexity index is 692. The number of anilines is 1. The van der Waals surface area contributed by atoms with Gasteiger partial charge in [-0.3, -0.25) is 4.79 Å². The van der Waals surface area contributed by atoms with E-state index in [-0.39, 0.29) is 5.91 Å². The summed E-state index contributed by atoms with van der Waals surface area (Å²) in [6.07, 6.45) is 5.18. The third kappa shape index (κ3) is 2.71. The Morgan fingerprint density at radius 1 is 1.04 bits per heavy atom. The summed E-state index contributed by atoms with van der Waals surface area (Å²) in [4.78, 5) is 13.2. The van der Waals surface area contributed by atoms with Crippen LogP contribution in [0.2, 0.25) is 0 Å². The molecule has 1 amide bonds. The molecule has 4 saturated carbocycles. The van der Waals surface area contributed by atoms with Crippen molar-refractivity contribution >= 4 is 11.6 Å². The Morgan fingerprint density at radius 2 is 1.62 bits per heavy atom. The molecule has 0 aromatic heterocycles. The summed E-state index contributed by atoms with van der Waals surface area (Å²) in [5.74, 6) is 2.44. The summed E-state index contributed by atoms with van der Waals surface area (Å²) in [6, 6.07) is 3.49. The SMILES string of the molecule is COc1cc(NC(=O)C23C[C@@H]4C[C@@H](CC(O)(C4)C2)C3)cc(OC)c1OC. The number of ether oxygens (including phenoxy) is 3. The summed E-state index contributed by atoms with van der Waals surface area (Å²) in [7, 11) is 4.66. The predicted molar refractivity (Wildman–Crippen MR) is 96.8 cm³/mol. The lowest BCUT2D eigenvalue weighted by atomic mass is 9.47. The molecular weight excluding hydrogens is 334 g/mol. The average molecular weight is 361 g/mol. The highest BCUT2D eigenvalue weighted by Crippen LogP contribution is 2.62. The molecule has 0 radical (unpaired) electrons. The van der Waals surface area contributed by atoms with Crippen LogP contribution in [-0.2, 0) is 4.79 Å². The van der Waals surface area contributed by atoms with Crippen molar-refractivity contribution in [1.82, 2.24) is 0 Å². The maximum atomic E-state index is 13.2. The Morgan fingerprint density at radius 3 is 2.08 bits per heavy atom. The van der Waals surface area contributed by atoms with Gasteiger partial charge in [-0.05, 0) is 50.4 Å². The van der Waals surface area contributed by atoms with Gasteiger partial charge in [0.15, 0.2) is 11.5 Å². The molecule has 2 unspecified atom stereocenters. The summed E-state index contributed by atoms with van der Waals surface area (Å²) >= 11 is 0. The van der Waals surface area contributed by atoms with E-state index in [2.05, 4.69) is 5.32 Å². The minimum atomic E-state index is -0.656. The van der Waals surface area contributed by atoms with Crippen LogP contribution in [0.15, 0.2) is 12.1 Å². The van der Waals surface area contributed by atoms with Crippen LogP contribution in [0.4, 0.5) is 5.69 Å². The molecule has 4 aliphatic carbocycles. The van der Waals surface area contributed by atoms with Crippen molar-refractivity contribution in [3.05, 3.63) is 12.1 Å². The topological polar surface area (TPSA) is 77.0 Å². The molecule has 4 bridgehead atoms. The third-order valence-corrected chi connectivity index (χ3v) is 6.43. The smallest absolute Gasteiger partial charge is 0.230 e. The first-order valence-electron chi connectivity index (χ1n) is 9.24. The number of carbonyl (C=O) groups excluding carboxylic acids is 1. The minimum Gasteiger partial charge on any atom is -0.493 e. The maximum absolute atomic E-state index is 13.2. The second kappa shape index (κ2) is 6.05. The number of hydrogen-bond donors (Lipinski definition) is 2. The van der Waals surface area contributed by atoms with E-state index in [1.54, 1.807) is 33.5 Å². The number of rotatable bonds is 5. The second-order valence-electron chi connectivity index (χ2n) is 8.33. The number of nitrogens with one attached hydrogen (secondary N) is 1. The van der Waals surface area contributed by atoms with E-state index in [0.717, 1.165) is 32.1 Å². The molecule has 6 heteroatoms. The van der Waals surface area contributed by atoms with Crippen molar-refractivity contribution in [2.45, 2.75) is 44.1 Å². The highest BCUT2D eigenvalue weighted by atomic mass is 16.5. The average Bonchev–Trinajstić information content (AvgIpc) is 2.58. The molecule has 0 spiro atoms. The van der Waals surface area contributed by atoms with Gasteiger partial charge in [0.1, 0.15) is 0 Å². The molecule has 26 heavy (non-hydrogen) atoms. The Kier molecular flexibility index (Phi) is 4.06. The molecule has 4 atom stereocenters. The van der Waals surface area contributed by atoms with Crippen LogP contribution in [-0.4, -0.2) is 37.9 Å². The van der Waals surface area contributed by atoms with Crippen LogP contribution in [0.5, 0.6) is 17.2 Å². The minimum absolute atomic E-state index is 0.000650. The molecule has 0 heterocycles. The van der Waals surface area contributed by atoms with Crippen LogP contribution in [0.3, 0.4) is 0 Å². The zero-order valence-electron chi connectivity index (χ0n) is 15.6. The first kappa shape index (κ1) is 17.5. The quantitative estimate of drug-likeness (QED) is 0.843. The lowest BCUT2D eigenvalue weighted by Gasteiger charge is -2.59. The number of amides is 1. The van der Waals surface area contributed by atoms with Crippen molar-refractivity contribution in [2.75, 3.05) is 26.6 Å². The number of benzene rings is 1. The molecule has 0 saturated heterocycles. The van der Waals surface area contributed by atoms with Crippen LogP contribution in [0, 0.1) is 17.3 Å². The van der Waals surface area contributed by atoms with E-state index >= 15 is 0 Å². The van der Waals surface area contributed by atoms with Gasteiger partial charge in [0.2, 0.25) is 11.7 Å². The van der Waals surface area contributed by atoms with Gasteiger partial charge in [-0.1, -0.05) is 0 Å². The lowest BCUT2D eigenvalue weighted by molar-refractivity contribution is -0.174. The Hall–Kier alpha value is -1.95. The zero-order chi connectivity index (χ0) is 18.5. The van der Waals surface area contributed by atoms with Crippen molar-refractivity contribution in [3.8, 4) is 17.2 Å². The van der Waals surface area contributed by atoms with E-state index in [0.29, 0.717) is 41.2 Å². The fraction of sp³-hybridized carbons (Fsp3) is 0.650. The summed E-state index contributed by atoms with van der Waals surface area (Å²) in [6.45, 7) is 0. The van der Waals surface area contributed by atoms with E-state index < -0.39 is 11.0 Å². The first-order valence-corrected chi connectivity index (χ1v) is 9.24. The molecule has 6 nitrogen and oxygen atoms in total. The molecule has 5 rings (SSSR count). The van der Waals surface area contributed by atoms with Gasteiger partial charge in [-0.25, -0.2) is 0 Å². The third-order valence-electron chi connectivity index (χ3n) is 6.43. The zero-order valence-corrected chi connectivity index (χ0v) is 15.6. The molecule has 1 aromatic rings. The second-order valence-corrected chi connectivity index (χ2v) is 8.33. The molecule has 2 N–H and O–H groups in total. The number of hydrogen-bond acceptors (Lipinski definition) is 5. The van der Waals surface area contributed by atoms with Gasteiger partial charge in [0.05, 0.1) is 32.3 Å². The summed E-state index contributed by atoms with van der Waals surface area (Å²) < 4.78 is 16.1. The highest BCUT2D eigenvalue weighted by Gasteiger charge is 2.60. The fourth-order valence-corrected chi connectivity index (χ4v) is 5.90. The van der Waals surface area contributed by atoms with Gasteiger partial charge in [-0.2, -0.15) is 0 Å². The maximum Gasteiger partial charge on any atom is 0.230 e. The highest BCUT2D eigenvalue weighted by molar-refractivity contribution is 5.96. The Balaban J connectivity index is 1.61. The fourth-order valence-electron chi connectivity index (χ4n) is 5.90. The standard InChI is InChI=1S/C20H27NO5/c1-24-15-5-14(6-16(25-2)17(15)26-3)21-18(22)19-7-12-4-13(8-19)10-20(23,9-12)11-19/h5-6,12-13,23H,4,7-11H2,1-3H3,(H,21,22)/t12-,13+,19?,20?. The largest absolute Gasteiger partial charge is 0.493 e. The van der Waals surface area contributed by atoms with Gasteiger partial charge in [-0.15, -0.1) is 0 Å². The number of aliphatic hydroxyl groups is 1. The normalized spacial score (nSPS) is 34.5. The van der Waals surface area contributed by atoms with Gasteiger partial charge in [0, 0.05) is 17.8 Å². The van der Waals surface area contributed by atoms with Crippen LogP contribution >= 0.6 is 0 Å². The van der Waals surface area contributed by atoms with Gasteiger partial charge < -0.3 is 24.6 Å². The summed E-state index contributed by atoms with van der Waals surface area (Å²) in [5.41, 5.74) is -0.497. The Labute approximate surface area is 153 Å². The van der Waals surface area contributed by atoms with Crippen molar-refractivity contribution < 1.29 is 24.1 Å². The van der Waals surface area contributed by atoms with Crippen LogP contribution in [0.25, 0.3) is 0 Å². The number of carbonyl (C=O) groups is 1. The van der Waals surface area contributed by atoms with E-state index in [1.807, 2.05) is 0 Å². The van der Waals surface area contributed by atoms with Crippen molar-refractivity contribution in [1.29, 1.82) is 0 Å². The molecule has 4 fully saturated rings. The summed E-state index contributed by atoms with van der Waals surface area (Å²) in [5, 5.41) is 13.9. The molecule has 142 valence electrons. The predicted octanol–water partition coefficient (Wildman–Crippen LogP) is 2.98. The van der Waals surface area contributed by atoms with Crippen molar-refractivity contribution in [2.24, 2.45) is 17.3 Å². The van der Waals surface area contributed by atoms with E-state index in [9.17, 15) is 9.90 Å². The van der Waals surface area contributed by atoms with Gasteiger partial charge in [0.25, 0.3) is 0 Å². The lowest BCUT2D eigenvalue weighted by Crippen LogP contribution is -2.59. The van der Waals surface area contributed by atoms with Crippen molar-refractivity contribution in [3.63, 3.8) is 0 Å². The molecule has 4 aliphatic rings. The van der Waals surface area contributed by atoms with Crippen LogP contribution in [0.1, 0.15) is 38.5 Å².